The Hall–Kier alpha value is -1.10. The van der Waals surface area contributed by atoms with E-state index in [1.807, 2.05) is 31.2 Å². The maximum Gasteiger partial charge on any atom is 0.119 e. The third-order valence-corrected chi connectivity index (χ3v) is 3.05. The third kappa shape index (κ3) is 7.15. The van der Waals surface area contributed by atoms with Gasteiger partial charge in [-0.25, -0.2) is 0 Å². The topological polar surface area (TPSA) is 44.7 Å². The summed E-state index contributed by atoms with van der Waals surface area (Å²) in [5.74, 6) is 0.801. The highest BCUT2D eigenvalue weighted by atomic mass is 16.5. The van der Waals surface area contributed by atoms with Crippen LogP contribution in [0.25, 0.3) is 0 Å². The van der Waals surface area contributed by atoms with Crippen LogP contribution in [0.1, 0.15) is 12.5 Å². The van der Waals surface area contributed by atoms with Gasteiger partial charge in [0.15, 0.2) is 0 Å². The summed E-state index contributed by atoms with van der Waals surface area (Å²) in [7, 11) is 2.08. The van der Waals surface area contributed by atoms with Crippen molar-refractivity contribution in [1.29, 1.82) is 0 Å². The van der Waals surface area contributed by atoms with E-state index in [-0.39, 0.29) is 0 Å². The first-order valence-electron chi connectivity index (χ1n) is 6.88. The molecule has 0 bridgehead atoms. The van der Waals surface area contributed by atoms with Gasteiger partial charge in [0.1, 0.15) is 18.5 Å². The van der Waals surface area contributed by atoms with Crippen LogP contribution in [0, 0.1) is 6.92 Å². The molecule has 1 aromatic carbocycles. The molecule has 0 heterocycles. The quantitative estimate of drug-likeness (QED) is 0.661. The summed E-state index contributed by atoms with van der Waals surface area (Å²) in [6.07, 6.45) is -0.478. The highest BCUT2D eigenvalue weighted by molar-refractivity contribution is 5.26. The van der Waals surface area contributed by atoms with Crippen molar-refractivity contribution in [3.63, 3.8) is 0 Å². The van der Waals surface area contributed by atoms with E-state index < -0.39 is 6.10 Å². The highest BCUT2D eigenvalue weighted by Crippen LogP contribution is 2.11. The number of aryl methyl sites for hydroxylation is 1. The number of hydrogen-bond acceptors (Lipinski definition) is 4. The van der Waals surface area contributed by atoms with Crippen LogP contribution in [-0.2, 0) is 0 Å². The number of aliphatic hydroxyl groups is 1. The summed E-state index contributed by atoms with van der Waals surface area (Å²) in [6.45, 7) is 7.96. The fraction of sp³-hybridized carbons (Fsp3) is 0.600. The van der Waals surface area contributed by atoms with Gasteiger partial charge in [0, 0.05) is 19.6 Å². The van der Waals surface area contributed by atoms with Crippen LogP contribution in [-0.4, -0.2) is 55.9 Å². The molecule has 0 aliphatic rings. The second kappa shape index (κ2) is 8.91. The molecule has 0 amide bonds. The monoisotopic (exact) mass is 266 g/mol. The first-order chi connectivity index (χ1) is 9.11. The van der Waals surface area contributed by atoms with Gasteiger partial charge in [-0.3, -0.25) is 0 Å². The Kier molecular flexibility index (Phi) is 7.48. The van der Waals surface area contributed by atoms with Gasteiger partial charge in [-0.1, -0.05) is 24.6 Å². The Balaban J connectivity index is 2.10. The van der Waals surface area contributed by atoms with Gasteiger partial charge in [0.2, 0.25) is 0 Å². The minimum atomic E-state index is -0.478. The number of nitrogens with zero attached hydrogens (tertiary/aromatic N) is 1. The summed E-state index contributed by atoms with van der Waals surface area (Å²) in [5, 5.41) is 13.0. The van der Waals surface area contributed by atoms with E-state index in [1.54, 1.807) is 0 Å². The summed E-state index contributed by atoms with van der Waals surface area (Å²) in [4.78, 5) is 2.22. The van der Waals surface area contributed by atoms with Crippen LogP contribution in [0.15, 0.2) is 24.3 Å². The Morgan fingerprint density at radius 1 is 1.32 bits per heavy atom. The Bertz CT molecular complexity index is 341. The van der Waals surface area contributed by atoms with Gasteiger partial charge < -0.3 is 20.1 Å². The van der Waals surface area contributed by atoms with E-state index in [4.69, 9.17) is 4.74 Å². The number of nitrogens with one attached hydrogen (secondary N) is 1. The molecule has 0 aliphatic heterocycles. The summed E-state index contributed by atoms with van der Waals surface area (Å²) < 4.78 is 5.52. The maximum absolute atomic E-state index is 9.79. The molecule has 0 fully saturated rings. The lowest BCUT2D eigenvalue weighted by atomic mass is 10.2. The van der Waals surface area contributed by atoms with Crippen molar-refractivity contribution in [3.05, 3.63) is 29.8 Å². The minimum Gasteiger partial charge on any atom is -0.491 e. The number of rotatable bonds is 9. The molecular weight excluding hydrogens is 240 g/mol. The van der Waals surface area contributed by atoms with Crippen LogP contribution >= 0.6 is 0 Å². The van der Waals surface area contributed by atoms with Crippen molar-refractivity contribution in [2.75, 3.05) is 39.8 Å². The fourth-order valence-corrected chi connectivity index (χ4v) is 1.58. The van der Waals surface area contributed by atoms with Crippen LogP contribution in [0.2, 0.25) is 0 Å². The highest BCUT2D eigenvalue weighted by Gasteiger charge is 2.05. The average molecular weight is 266 g/mol. The van der Waals surface area contributed by atoms with Crippen molar-refractivity contribution in [2.24, 2.45) is 0 Å². The zero-order valence-corrected chi connectivity index (χ0v) is 12.2. The Labute approximate surface area is 116 Å². The van der Waals surface area contributed by atoms with Crippen LogP contribution in [0.3, 0.4) is 0 Å². The largest absolute Gasteiger partial charge is 0.491 e. The molecule has 0 aliphatic carbocycles. The first-order valence-corrected chi connectivity index (χ1v) is 6.88. The molecule has 1 aromatic rings. The molecule has 2 N–H and O–H groups in total. The van der Waals surface area contributed by atoms with Gasteiger partial charge in [-0.05, 0) is 32.6 Å². The molecule has 1 unspecified atom stereocenters. The predicted octanol–water partition coefficient (Wildman–Crippen LogP) is 1.28. The molecule has 0 spiro atoms. The molecule has 0 saturated heterocycles. The SMILES string of the molecule is CCN(C)CCNCC(O)COc1ccc(C)cc1. The normalized spacial score (nSPS) is 12.7. The number of hydrogen-bond donors (Lipinski definition) is 2. The molecule has 19 heavy (non-hydrogen) atoms. The molecule has 4 heteroatoms. The zero-order valence-electron chi connectivity index (χ0n) is 12.2. The van der Waals surface area contributed by atoms with Gasteiger partial charge in [-0.15, -0.1) is 0 Å². The lowest BCUT2D eigenvalue weighted by Gasteiger charge is -2.16. The van der Waals surface area contributed by atoms with E-state index >= 15 is 0 Å². The lowest BCUT2D eigenvalue weighted by Crippen LogP contribution is -2.36. The van der Waals surface area contributed by atoms with E-state index in [0.29, 0.717) is 13.2 Å². The predicted molar refractivity (Wildman–Crippen MR) is 78.7 cm³/mol. The minimum absolute atomic E-state index is 0.319. The number of benzene rings is 1. The van der Waals surface area contributed by atoms with E-state index in [0.717, 1.165) is 25.4 Å². The van der Waals surface area contributed by atoms with E-state index in [2.05, 4.69) is 24.2 Å². The van der Waals surface area contributed by atoms with Crippen molar-refractivity contribution >= 4 is 0 Å². The Morgan fingerprint density at radius 2 is 2.00 bits per heavy atom. The molecule has 1 atom stereocenters. The summed E-state index contributed by atoms with van der Waals surface area (Å²) in [6, 6.07) is 7.85. The van der Waals surface area contributed by atoms with E-state index in [1.165, 1.54) is 5.56 Å². The van der Waals surface area contributed by atoms with Crippen LogP contribution < -0.4 is 10.1 Å². The number of likely N-dealkylation sites (N-methyl/N-ethyl adjacent to an activating group) is 1. The van der Waals surface area contributed by atoms with Crippen molar-refractivity contribution in [1.82, 2.24) is 10.2 Å². The molecule has 0 radical (unpaired) electrons. The zero-order chi connectivity index (χ0) is 14.1. The second-order valence-electron chi connectivity index (χ2n) is 4.88. The second-order valence-corrected chi connectivity index (χ2v) is 4.88. The van der Waals surface area contributed by atoms with Crippen LogP contribution in [0.4, 0.5) is 0 Å². The van der Waals surface area contributed by atoms with Crippen LogP contribution in [0.5, 0.6) is 5.75 Å². The smallest absolute Gasteiger partial charge is 0.119 e. The number of aliphatic hydroxyl groups excluding tert-OH is 1. The molecule has 0 aromatic heterocycles. The average Bonchev–Trinajstić information content (AvgIpc) is 2.42. The standard InChI is InChI=1S/C15H26N2O2/c1-4-17(3)10-9-16-11-14(18)12-19-15-7-5-13(2)6-8-15/h5-8,14,16,18H,4,9-12H2,1-3H3. The third-order valence-electron chi connectivity index (χ3n) is 3.05. The lowest BCUT2D eigenvalue weighted by molar-refractivity contribution is 0.106. The van der Waals surface area contributed by atoms with E-state index in [9.17, 15) is 5.11 Å². The molecule has 4 nitrogen and oxygen atoms in total. The first kappa shape index (κ1) is 16.0. The van der Waals surface area contributed by atoms with Gasteiger partial charge in [0.05, 0.1) is 0 Å². The number of ether oxygens (including phenoxy) is 1. The fourth-order valence-electron chi connectivity index (χ4n) is 1.58. The van der Waals surface area contributed by atoms with Gasteiger partial charge in [0.25, 0.3) is 0 Å². The molecule has 108 valence electrons. The maximum atomic E-state index is 9.79. The van der Waals surface area contributed by atoms with Crippen molar-refractivity contribution in [2.45, 2.75) is 20.0 Å². The Morgan fingerprint density at radius 3 is 2.63 bits per heavy atom. The van der Waals surface area contributed by atoms with Gasteiger partial charge in [-0.2, -0.15) is 0 Å². The molecule has 0 saturated carbocycles. The van der Waals surface area contributed by atoms with Crippen molar-refractivity contribution in [3.8, 4) is 5.75 Å². The molecule has 1 rings (SSSR count). The van der Waals surface area contributed by atoms with Crippen molar-refractivity contribution < 1.29 is 9.84 Å². The summed E-state index contributed by atoms with van der Waals surface area (Å²) >= 11 is 0. The van der Waals surface area contributed by atoms with Gasteiger partial charge >= 0.3 is 0 Å². The summed E-state index contributed by atoms with van der Waals surface area (Å²) in [5.41, 5.74) is 1.20. The molecular formula is C15H26N2O2.